The third-order valence-electron chi connectivity index (χ3n) is 3.99. The zero-order chi connectivity index (χ0) is 13.9. The first-order valence-corrected chi connectivity index (χ1v) is 7.49. The van der Waals surface area contributed by atoms with E-state index in [1.54, 1.807) is 0 Å². The summed E-state index contributed by atoms with van der Waals surface area (Å²) < 4.78 is 0. The number of benzene rings is 2. The molecule has 0 radical (unpaired) electrons. The number of aryl methyl sites for hydroxylation is 1. The van der Waals surface area contributed by atoms with E-state index in [4.69, 9.17) is 0 Å². The minimum Gasteiger partial charge on any atom is -0.385 e. The molecule has 1 heterocycles. The SMILES string of the molecule is CCN(c1cccc(C)c1)c1cccc2c1CCCN2. The number of hydrogen-bond acceptors (Lipinski definition) is 2. The van der Waals surface area contributed by atoms with Gasteiger partial charge in [0.15, 0.2) is 0 Å². The summed E-state index contributed by atoms with van der Waals surface area (Å²) in [5.74, 6) is 0. The summed E-state index contributed by atoms with van der Waals surface area (Å²) in [6.45, 7) is 6.45. The van der Waals surface area contributed by atoms with E-state index in [-0.39, 0.29) is 0 Å². The van der Waals surface area contributed by atoms with E-state index in [0.29, 0.717) is 0 Å². The molecule has 0 aliphatic carbocycles. The van der Waals surface area contributed by atoms with E-state index in [1.807, 2.05) is 0 Å². The Morgan fingerprint density at radius 2 is 2.00 bits per heavy atom. The summed E-state index contributed by atoms with van der Waals surface area (Å²) in [6, 6.07) is 15.4. The lowest BCUT2D eigenvalue weighted by Crippen LogP contribution is -2.21. The summed E-state index contributed by atoms with van der Waals surface area (Å²) in [5.41, 5.74) is 6.71. The molecule has 104 valence electrons. The highest BCUT2D eigenvalue weighted by Gasteiger charge is 2.17. The van der Waals surface area contributed by atoms with E-state index in [9.17, 15) is 0 Å². The number of rotatable bonds is 3. The Bertz CT molecular complexity index is 604. The van der Waals surface area contributed by atoms with Crippen LogP contribution in [0.3, 0.4) is 0 Å². The first kappa shape index (κ1) is 13.0. The van der Waals surface area contributed by atoms with Gasteiger partial charge in [0, 0.05) is 30.2 Å². The molecule has 0 bridgehead atoms. The van der Waals surface area contributed by atoms with Gasteiger partial charge in [0.2, 0.25) is 0 Å². The molecule has 0 atom stereocenters. The first-order valence-electron chi connectivity index (χ1n) is 7.49. The Balaban J connectivity index is 2.06. The molecule has 1 aliphatic heterocycles. The molecular weight excluding hydrogens is 244 g/mol. The van der Waals surface area contributed by atoms with Crippen molar-refractivity contribution in [2.45, 2.75) is 26.7 Å². The van der Waals surface area contributed by atoms with Crippen molar-refractivity contribution < 1.29 is 0 Å². The minimum absolute atomic E-state index is 0.986. The van der Waals surface area contributed by atoms with Gasteiger partial charge in [-0.25, -0.2) is 0 Å². The molecule has 2 aromatic carbocycles. The van der Waals surface area contributed by atoms with Crippen LogP contribution < -0.4 is 10.2 Å². The molecule has 2 heteroatoms. The fourth-order valence-corrected chi connectivity index (χ4v) is 3.03. The van der Waals surface area contributed by atoms with Crippen LogP contribution in [0.15, 0.2) is 42.5 Å². The molecular formula is C18H22N2. The van der Waals surface area contributed by atoms with Gasteiger partial charge in [0.25, 0.3) is 0 Å². The van der Waals surface area contributed by atoms with Crippen LogP contribution in [0, 0.1) is 6.92 Å². The molecule has 2 aromatic rings. The topological polar surface area (TPSA) is 15.3 Å². The van der Waals surface area contributed by atoms with Gasteiger partial charge < -0.3 is 10.2 Å². The molecule has 1 N–H and O–H groups in total. The van der Waals surface area contributed by atoms with Crippen molar-refractivity contribution in [2.75, 3.05) is 23.3 Å². The maximum Gasteiger partial charge on any atom is 0.0463 e. The lowest BCUT2D eigenvalue weighted by atomic mass is 10.00. The van der Waals surface area contributed by atoms with Crippen LogP contribution in [-0.4, -0.2) is 13.1 Å². The average Bonchev–Trinajstić information content (AvgIpc) is 2.48. The maximum atomic E-state index is 3.52. The van der Waals surface area contributed by atoms with Crippen molar-refractivity contribution in [3.8, 4) is 0 Å². The van der Waals surface area contributed by atoms with Gasteiger partial charge in [-0.3, -0.25) is 0 Å². The summed E-state index contributed by atoms with van der Waals surface area (Å²) >= 11 is 0. The van der Waals surface area contributed by atoms with Crippen LogP contribution in [0.25, 0.3) is 0 Å². The Kier molecular flexibility index (Phi) is 3.64. The van der Waals surface area contributed by atoms with Crippen molar-refractivity contribution in [3.05, 3.63) is 53.6 Å². The van der Waals surface area contributed by atoms with Crippen molar-refractivity contribution in [1.82, 2.24) is 0 Å². The predicted octanol–water partition coefficient (Wildman–Crippen LogP) is 4.51. The second-order valence-electron chi connectivity index (χ2n) is 5.42. The van der Waals surface area contributed by atoms with E-state index in [0.717, 1.165) is 13.1 Å². The second-order valence-corrected chi connectivity index (χ2v) is 5.42. The second kappa shape index (κ2) is 5.58. The quantitative estimate of drug-likeness (QED) is 0.879. The normalized spacial score (nSPS) is 13.5. The fraction of sp³-hybridized carbons (Fsp3) is 0.333. The highest BCUT2D eigenvalue weighted by Crippen LogP contribution is 2.35. The van der Waals surface area contributed by atoms with Gasteiger partial charge in [0.05, 0.1) is 0 Å². The summed E-state index contributed by atoms with van der Waals surface area (Å²) in [6.07, 6.45) is 2.39. The van der Waals surface area contributed by atoms with Crippen LogP contribution in [0.1, 0.15) is 24.5 Å². The first-order chi connectivity index (χ1) is 9.79. The highest BCUT2D eigenvalue weighted by atomic mass is 15.1. The van der Waals surface area contributed by atoms with Gasteiger partial charge in [-0.2, -0.15) is 0 Å². The average molecular weight is 266 g/mol. The standard InChI is InChI=1S/C18H22N2/c1-3-20(15-8-4-7-14(2)13-15)18-11-5-10-17-16(18)9-6-12-19-17/h4-5,7-8,10-11,13,19H,3,6,9,12H2,1-2H3. The van der Waals surface area contributed by atoms with Crippen LogP contribution in [0.2, 0.25) is 0 Å². The molecule has 0 spiro atoms. The van der Waals surface area contributed by atoms with Crippen LogP contribution in [0.5, 0.6) is 0 Å². The molecule has 0 aromatic heterocycles. The molecule has 0 unspecified atom stereocenters. The molecule has 20 heavy (non-hydrogen) atoms. The summed E-state index contributed by atoms with van der Waals surface area (Å²) in [7, 11) is 0. The summed E-state index contributed by atoms with van der Waals surface area (Å²) in [4.78, 5) is 2.42. The van der Waals surface area contributed by atoms with Crippen LogP contribution in [-0.2, 0) is 6.42 Å². The molecule has 0 saturated carbocycles. The molecule has 0 fully saturated rings. The molecule has 1 aliphatic rings. The fourth-order valence-electron chi connectivity index (χ4n) is 3.03. The zero-order valence-electron chi connectivity index (χ0n) is 12.3. The largest absolute Gasteiger partial charge is 0.385 e. The number of anilines is 3. The van der Waals surface area contributed by atoms with Gasteiger partial charge in [-0.15, -0.1) is 0 Å². The number of fused-ring (bicyclic) bond motifs is 1. The molecule has 3 rings (SSSR count). The summed E-state index contributed by atoms with van der Waals surface area (Å²) in [5, 5.41) is 3.52. The third-order valence-corrected chi connectivity index (χ3v) is 3.99. The van der Waals surface area contributed by atoms with Crippen LogP contribution >= 0.6 is 0 Å². The molecule has 2 nitrogen and oxygen atoms in total. The van der Waals surface area contributed by atoms with Crippen molar-refractivity contribution in [1.29, 1.82) is 0 Å². The highest BCUT2D eigenvalue weighted by molar-refractivity contribution is 5.73. The lowest BCUT2D eigenvalue weighted by molar-refractivity contribution is 0.824. The molecule has 0 saturated heterocycles. The Labute approximate surface area is 121 Å². The minimum atomic E-state index is 0.986. The van der Waals surface area contributed by atoms with Gasteiger partial charge >= 0.3 is 0 Å². The van der Waals surface area contributed by atoms with Crippen molar-refractivity contribution in [3.63, 3.8) is 0 Å². The van der Waals surface area contributed by atoms with Crippen molar-refractivity contribution in [2.24, 2.45) is 0 Å². The molecule has 0 amide bonds. The number of hydrogen-bond donors (Lipinski definition) is 1. The van der Waals surface area contributed by atoms with Gasteiger partial charge in [-0.05, 0) is 62.1 Å². The van der Waals surface area contributed by atoms with Crippen molar-refractivity contribution >= 4 is 17.1 Å². The number of nitrogens with one attached hydrogen (secondary N) is 1. The third kappa shape index (κ3) is 2.38. The maximum absolute atomic E-state index is 3.52. The Morgan fingerprint density at radius 1 is 1.15 bits per heavy atom. The monoisotopic (exact) mass is 266 g/mol. The smallest absolute Gasteiger partial charge is 0.0463 e. The van der Waals surface area contributed by atoms with Gasteiger partial charge in [0.1, 0.15) is 0 Å². The number of nitrogens with zero attached hydrogens (tertiary/aromatic N) is 1. The van der Waals surface area contributed by atoms with E-state index in [2.05, 4.69) is 66.5 Å². The zero-order valence-corrected chi connectivity index (χ0v) is 12.3. The van der Waals surface area contributed by atoms with E-state index < -0.39 is 0 Å². The predicted molar refractivity (Wildman–Crippen MR) is 87.1 cm³/mol. The Hall–Kier alpha value is -1.96. The van der Waals surface area contributed by atoms with Crippen LogP contribution in [0.4, 0.5) is 17.1 Å². The van der Waals surface area contributed by atoms with E-state index >= 15 is 0 Å². The van der Waals surface area contributed by atoms with Gasteiger partial charge in [-0.1, -0.05) is 18.2 Å². The van der Waals surface area contributed by atoms with E-state index in [1.165, 1.54) is 41.0 Å². The Morgan fingerprint density at radius 3 is 2.80 bits per heavy atom. The lowest BCUT2D eigenvalue weighted by Gasteiger charge is -2.29.